The van der Waals surface area contributed by atoms with Crippen molar-refractivity contribution in [1.82, 2.24) is 0 Å². The van der Waals surface area contributed by atoms with E-state index in [0.29, 0.717) is 22.4 Å². The lowest BCUT2D eigenvalue weighted by atomic mass is 9.90. The first-order chi connectivity index (χ1) is 13.1. The second-order valence-electron chi connectivity index (χ2n) is 6.11. The van der Waals surface area contributed by atoms with E-state index in [0.717, 1.165) is 22.4 Å². The largest absolute Gasteiger partial charge is 0.497 e. The van der Waals surface area contributed by atoms with Crippen LogP contribution in [0.2, 0.25) is 0 Å². The highest BCUT2D eigenvalue weighted by Gasteiger charge is 2.17. The Hall–Kier alpha value is -3.58. The van der Waals surface area contributed by atoms with Gasteiger partial charge in [0.2, 0.25) is 0 Å². The van der Waals surface area contributed by atoms with Gasteiger partial charge in [-0.25, -0.2) is 0 Å². The Morgan fingerprint density at radius 2 is 1.48 bits per heavy atom. The van der Waals surface area contributed by atoms with Crippen molar-refractivity contribution in [3.63, 3.8) is 0 Å². The van der Waals surface area contributed by atoms with Crippen LogP contribution in [0.5, 0.6) is 11.5 Å². The molecule has 0 aliphatic rings. The molecule has 3 aromatic carbocycles. The lowest BCUT2D eigenvalue weighted by Crippen LogP contribution is -2.05. The molecular formula is C23H19NO3. The average molecular weight is 357 g/mol. The maximum absolute atomic E-state index is 13.2. The zero-order valence-electron chi connectivity index (χ0n) is 15.4. The molecule has 0 spiro atoms. The van der Waals surface area contributed by atoms with Gasteiger partial charge in [0.1, 0.15) is 11.5 Å². The second-order valence-corrected chi connectivity index (χ2v) is 6.11. The zero-order valence-corrected chi connectivity index (χ0v) is 15.4. The SMILES string of the molecule is COc1ccc(C(=O)c2cc(C#N)ccc2-c2ccc(OC)cc2C)cc1. The number of methoxy groups -OCH3 is 2. The van der Waals surface area contributed by atoms with Crippen LogP contribution in [0, 0.1) is 18.3 Å². The van der Waals surface area contributed by atoms with Gasteiger partial charge in [-0.2, -0.15) is 5.26 Å². The number of nitrogens with zero attached hydrogens (tertiary/aromatic N) is 1. The summed E-state index contributed by atoms with van der Waals surface area (Å²) in [5.41, 5.74) is 4.18. The summed E-state index contributed by atoms with van der Waals surface area (Å²) in [4.78, 5) is 13.2. The summed E-state index contributed by atoms with van der Waals surface area (Å²) in [7, 11) is 3.20. The molecule has 0 amide bonds. The minimum atomic E-state index is -0.139. The van der Waals surface area contributed by atoms with Crippen molar-refractivity contribution in [2.75, 3.05) is 14.2 Å². The van der Waals surface area contributed by atoms with Crippen LogP contribution in [0.1, 0.15) is 27.0 Å². The number of hydrogen-bond acceptors (Lipinski definition) is 4. The molecule has 0 saturated carbocycles. The van der Waals surface area contributed by atoms with E-state index in [1.165, 1.54) is 0 Å². The standard InChI is InChI=1S/C23H19NO3/c1-15-12-19(27-3)9-11-20(15)21-10-4-16(14-24)13-22(21)23(25)17-5-7-18(26-2)8-6-17/h4-13H,1-3H3. The van der Waals surface area contributed by atoms with Gasteiger partial charge in [0.05, 0.1) is 25.9 Å². The molecule has 134 valence electrons. The van der Waals surface area contributed by atoms with Crippen LogP contribution in [0.4, 0.5) is 0 Å². The maximum Gasteiger partial charge on any atom is 0.193 e. The van der Waals surface area contributed by atoms with Gasteiger partial charge < -0.3 is 9.47 Å². The molecule has 0 unspecified atom stereocenters. The predicted octanol–water partition coefficient (Wildman–Crippen LogP) is 4.78. The summed E-state index contributed by atoms with van der Waals surface area (Å²) in [6.07, 6.45) is 0. The Morgan fingerprint density at radius 1 is 0.852 bits per heavy atom. The summed E-state index contributed by atoms with van der Waals surface area (Å²) < 4.78 is 10.4. The van der Waals surface area contributed by atoms with Crippen molar-refractivity contribution in [1.29, 1.82) is 5.26 Å². The molecular weight excluding hydrogens is 338 g/mol. The molecule has 3 rings (SSSR count). The van der Waals surface area contributed by atoms with Gasteiger partial charge in [-0.3, -0.25) is 4.79 Å². The van der Waals surface area contributed by atoms with E-state index in [1.54, 1.807) is 50.6 Å². The van der Waals surface area contributed by atoms with Crippen molar-refractivity contribution in [3.8, 4) is 28.7 Å². The van der Waals surface area contributed by atoms with E-state index in [2.05, 4.69) is 6.07 Å². The van der Waals surface area contributed by atoms with Crippen LogP contribution in [0.15, 0.2) is 60.7 Å². The highest BCUT2D eigenvalue weighted by Crippen LogP contribution is 2.31. The highest BCUT2D eigenvalue weighted by atomic mass is 16.5. The monoisotopic (exact) mass is 357 g/mol. The third-order valence-corrected chi connectivity index (χ3v) is 4.47. The molecule has 0 radical (unpaired) electrons. The van der Waals surface area contributed by atoms with Crippen molar-refractivity contribution in [2.24, 2.45) is 0 Å². The molecule has 0 aromatic heterocycles. The minimum Gasteiger partial charge on any atom is -0.497 e. The molecule has 0 N–H and O–H groups in total. The molecule has 0 aliphatic heterocycles. The van der Waals surface area contributed by atoms with Crippen molar-refractivity contribution in [3.05, 3.63) is 82.9 Å². The Balaban J connectivity index is 2.13. The van der Waals surface area contributed by atoms with Gasteiger partial charge in [-0.15, -0.1) is 0 Å². The molecule has 0 heterocycles. The minimum absolute atomic E-state index is 0.139. The number of carbonyl (C=O) groups is 1. The smallest absolute Gasteiger partial charge is 0.193 e. The summed E-state index contributed by atoms with van der Waals surface area (Å²) in [6.45, 7) is 1.97. The first-order valence-electron chi connectivity index (χ1n) is 8.45. The topological polar surface area (TPSA) is 59.3 Å². The molecule has 0 atom stereocenters. The molecule has 27 heavy (non-hydrogen) atoms. The number of ketones is 1. The molecule has 0 fully saturated rings. The van der Waals surface area contributed by atoms with Gasteiger partial charge in [-0.05, 0) is 72.1 Å². The number of benzene rings is 3. The summed E-state index contributed by atoms with van der Waals surface area (Å²) in [5, 5.41) is 9.27. The molecule has 0 aliphatic carbocycles. The first kappa shape index (κ1) is 18.2. The average Bonchev–Trinajstić information content (AvgIpc) is 2.72. The van der Waals surface area contributed by atoms with Crippen LogP contribution in [-0.2, 0) is 0 Å². The molecule has 0 bridgehead atoms. The van der Waals surface area contributed by atoms with E-state index in [4.69, 9.17) is 9.47 Å². The fourth-order valence-electron chi connectivity index (χ4n) is 3.00. The van der Waals surface area contributed by atoms with Gasteiger partial charge in [0.15, 0.2) is 5.78 Å². The number of hydrogen-bond donors (Lipinski definition) is 0. The summed E-state index contributed by atoms with van der Waals surface area (Å²) in [5.74, 6) is 1.30. The third kappa shape index (κ3) is 3.68. The second kappa shape index (κ2) is 7.76. The van der Waals surface area contributed by atoms with E-state index in [9.17, 15) is 10.1 Å². The Bertz CT molecular complexity index is 1030. The quantitative estimate of drug-likeness (QED) is 0.617. The number of nitriles is 1. The summed E-state index contributed by atoms with van der Waals surface area (Å²) >= 11 is 0. The highest BCUT2D eigenvalue weighted by molar-refractivity contribution is 6.13. The third-order valence-electron chi connectivity index (χ3n) is 4.47. The van der Waals surface area contributed by atoms with E-state index in [-0.39, 0.29) is 5.78 Å². The Morgan fingerprint density at radius 3 is 2.07 bits per heavy atom. The molecule has 0 saturated heterocycles. The lowest BCUT2D eigenvalue weighted by Gasteiger charge is -2.13. The van der Waals surface area contributed by atoms with E-state index < -0.39 is 0 Å². The number of rotatable bonds is 5. The molecule has 3 aromatic rings. The maximum atomic E-state index is 13.2. The van der Waals surface area contributed by atoms with Crippen LogP contribution in [0.25, 0.3) is 11.1 Å². The summed E-state index contributed by atoms with van der Waals surface area (Å²) in [6, 6.07) is 20.0. The van der Waals surface area contributed by atoms with Crippen molar-refractivity contribution < 1.29 is 14.3 Å². The van der Waals surface area contributed by atoms with Gasteiger partial charge in [-0.1, -0.05) is 12.1 Å². The van der Waals surface area contributed by atoms with Crippen LogP contribution >= 0.6 is 0 Å². The Kier molecular flexibility index (Phi) is 5.23. The normalized spacial score (nSPS) is 10.1. The lowest BCUT2D eigenvalue weighted by molar-refractivity contribution is 0.103. The molecule has 4 heteroatoms. The Labute approximate surface area is 158 Å². The van der Waals surface area contributed by atoms with E-state index in [1.807, 2.05) is 31.2 Å². The zero-order chi connectivity index (χ0) is 19.4. The van der Waals surface area contributed by atoms with Crippen LogP contribution in [-0.4, -0.2) is 20.0 Å². The van der Waals surface area contributed by atoms with Gasteiger partial charge in [0, 0.05) is 11.1 Å². The van der Waals surface area contributed by atoms with Gasteiger partial charge in [0.25, 0.3) is 0 Å². The first-order valence-corrected chi connectivity index (χ1v) is 8.45. The van der Waals surface area contributed by atoms with Crippen molar-refractivity contribution >= 4 is 5.78 Å². The van der Waals surface area contributed by atoms with Crippen LogP contribution < -0.4 is 9.47 Å². The fraction of sp³-hybridized carbons (Fsp3) is 0.130. The fourth-order valence-corrected chi connectivity index (χ4v) is 3.00. The van der Waals surface area contributed by atoms with E-state index >= 15 is 0 Å². The van der Waals surface area contributed by atoms with Crippen LogP contribution in [0.3, 0.4) is 0 Å². The molecule has 4 nitrogen and oxygen atoms in total. The predicted molar refractivity (Wildman–Crippen MR) is 104 cm³/mol. The number of aryl methyl sites for hydroxylation is 1. The number of ether oxygens (including phenoxy) is 2. The van der Waals surface area contributed by atoms with Crippen molar-refractivity contribution in [2.45, 2.75) is 6.92 Å². The van der Waals surface area contributed by atoms with Gasteiger partial charge >= 0.3 is 0 Å². The number of carbonyl (C=O) groups excluding carboxylic acids is 1.